The summed E-state index contributed by atoms with van der Waals surface area (Å²) >= 11 is 0. The van der Waals surface area contributed by atoms with Crippen LogP contribution in [0.25, 0.3) is 0 Å². The molecule has 2 aromatic rings. The molecule has 0 aromatic heterocycles. The van der Waals surface area contributed by atoms with Gasteiger partial charge in [0.1, 0.15) is 5.75 Å². The van der Waals surface area contributed by atoms with Crippen molar-refractivity contribution in [3.8, 4) is 5.75 Å². The lowest BCUT2D eigenvalue weighted by molar-refractivity contribution is 0.475. The van der Waals surface area contributed by atoms with E-state index < -0.39 is 11.6 Å². The first-order chi connectivity index (χ1) is 8.16. The average Bonchev–Trinajstić information content (AvgIpc) is 2.33. The molecule has 0 aliphatic rings. The molecule has 0 aliphatic carbocycles. The molecule has 0 fully saturated rings. The van der Waals surface area contributed by atoms with E-state index in [1.807, 2.05) is 0 Å². The minimum atomic E-state index is -0.852. The Labute approximate surface area is 97.5 Å². The van der Waals surface area contributed by atoms with Crippen LogP contribution in [0.3, 0.4) is 0 Å². The maximum Gasteiger partial charge on any atom is 0.163 e. The van der Waals surface area contributed by atoms with Gasteiger partial charge in [0, 0.05) is 17.8 Å². The Kier molecular flexibility index (Phi) is 3.23. The number of benzene rings is 2. The van der Waals surface area contributed by atoms with E-state index in [2.05, 4.69) is 5.32 Å². The fourth-order valence-electron chi connectivity index (χ4n) is 1.46. The lowest BCUT2D eigenvalue weighted by atomic mass is 10.2. The van der Waals surface area contributed by atoms with Crippen LogP contribution in [-0.2, 0) is 6.54 Å². The quantitative estimate of drug-likeness (QED) is 0.800. The van der Waals surface area contributed by atoms with E-state index in [1.165, 1.54) is 24.3 Å². The van der Waals surface area contributed by atoms with Crippen LogP contribution in [0.15, 0.2) is 42.5 Å². The number of nitrogens with one attached hydrogen (secondary N) is 1. The normalized spacial score (nSPS) is 10.2. The molecule has 0 atom stereocenters. The van der Waals surface area contributed by atoms with Gasteiger partial charge < -0.3 is 10.4 Å². The van der Waals surface area contributed by atoms with Crippen molar-refractivity contribution in [2.24, 2.45) is 0 Å². The van der Waals surface area contributed by atoms with Crippen LogP contribution in [0.2, 0.25) is 0 Å². The van der Waals surface area contributed by atoms with Crippen LogP contribution in [0.1, 0.15) is 5.56 Å². The second-order valence-electron chi connectivity index (χ2n) is 3.61. The Balaban J connectivity index is 2.07. The van der Waals surface area contributed by atoms with E-state index in [0.717, 1.165) is 11.8 Å². The van der Waals surface area contributed by atoms with Crippen molar-refractivity contribution < 1.29 is 13.9 Å². The Morgan fingerprint density at radius 2 is 1.71 bits per heavy atom. The Hall–Kier alpha value is -2.10. The van der Waals surface area contributed by atoms with Gasteiger partial charge in [0.25, 0.3) is 0 Å². The summed E-state index contributed by atoms with van der Waals surface area (Å²) < 4.78 is 26.2. The monoisotopic (exact) mass is 235 g/mol. The maximum atomic E-state index is 13.3. The number of phenolic OH excluding ortho intramolecular Hbond substituents is 1. The van der Waals surface area contributed by atoms with E-state index in [0.29, 0.717) is 0 Å². The number of anilines is 1. The second kappa shape index (κ2) is 4.82. The van der Waals surface area contributed by atoms with Gasteiger partial charge in [-0.2, -0.15) is 0 Å². The predicted molar refractivity (Wildman–Crippen MR) is 61.8 cm³/mol. The summed E-state index contributed by atoms with van der Waals surface area (Å²) in [5.74, 6) is -1.53. The van der Waals surface area contributed by atoms with Crippen molar-refractivity contribution in [1.29, 1.82) is 0 Å². The molecule has 17 heavy (non-hydrogen) atoms. The van der Waals surface area contributed by atoms with Crippen LogP contribution in [-0.4, -0.2) is 5.11 Å². The molecule has 0 radical (unpaired) electrons. The lowest BCUT2D eigenvalue weighted by Crippen LogP contribution is -2.02. The summed E-state index contributed by atoms with van der Waals surface area (Å²) in [6, 6.07) is 10.4. The standard InChI is InChI=1S/C13H11F2NO/c14-12-3-1-2-9(13(12)15)8-16-10-4-6-11(17)7-5-10/h1-7,16-17H,8H2. The summed E-state index contributed by atoms with van der Waals surface area (Å²) in [7, 11) is 0. The highest BCUT2D eigenvalue weighted by atomic mass is 19.2. The van der Waals surface area contributed by atoms with E-state index in [9.17, 15) is 8.78 Å². The van der Waals surface area contributed by atoms with Crippen molar-refractivity contribution in [2.75, 3.05) is 5.32 Å². The molecule has 88 valence electrons. The Bertz CT molecular complexity index is 511. The molecule has 0 spiro atoms. The van der Waals surface area contributed by atoms with Gasteiger partial charge in [0.15, 0.2) is 11.6 Å². The molecule has 0 unspecified atom stereocenters. The lowest BCUT2D eigenvalue weighted by Gasteiger charge is -2.07. The number of aromatic hydroxyl groups is 1. The fraction of sp³-hybridized carbons (Fsp3) is 0.0769. The average molecular weight is 235 g/mol. The molecule has 0 saturated heterocycles. The smallest absolute Gasteiger partial charge is 0.163 e. The van der Waals surface area contributed by atoms with Gasteiger partial charge in [-0.05, 0) is 30.3 Å². The van der Waals surface area contributed by atoms with Crippen molar-refractivity contribution in [1.82, 2.24) is 0 Å². The summed E-state index contributed by atoms with van der Waals surface area (Å²) in [5, 5.41) is 12.0. The Morgan fingerprint density at radius 1 is 1.00 bits per heavy atom. The third-order valence-corrected chi connectivity index (χ3v) is 2.38. The van der Waals surface area contributed by atoms with E-state index in [1.54, 1.807) is 12.1 Å². The second-order valence-corrected chi connectivity index (χ2v) is 3.61. The van der Waals surface area contributed by atoms with Gasteiger partial charge in [0.2, 0.25) is 0 Å². The van der Waals surface area contributed by atoms with Gasteiger partial charge in [-0.3, -0.25) is 0 Å². The zero-order chi connectivity index (χ0) is 12.3. The van der Waals surface area contributed by atoms with Crippen LogP contribution >= 0.6 is 0 Å². The first kappa shape index (κ1) is 11.4. The van der Waals surface area contributed by atoms with E-state index >= 15 is 0 Å². The number of rotatable bonds is 3. The highest BCUT2D eigenvalue weighted by Gasteiger charge is 2.06. The molecule has 0 bridgehead atoms. The first-order valence-corrected chi connectivity index (χ1v) is 5.12. The van der Waals surface area contributed by atoms with Gasteiger partial charge in [-0.25, -0.2) is 8.78 Å². The van der Waals surface area contributed by atoms with Crippen molar-refractivity contribution in [3.05, 3.63) is 59.7 Å². The zero-order valence-electron chi connectivity index (χ0n) is 8.95. The van der Waals surface area contributed by atoms with Gasteiger partial charge in [-0.15, -0.1) is 0 Å². The Morgan fingerprint density at radius 3 is 2.41 bits per heavy atom. The van der Waals surface area contributed by atoms with Crippen LogP contribution in [0.4, 0.5) is 14.5 Å². The third kappa shape index (κ3) is 2.72. The zero-order valence-corrected chi connectivity index (χ0v) is 8.95. The van der Waals surface area contributed by atoms with Gasteiger partial charge in [0.05, 0.1) is 0 Å². The molecular formula is C13H11F2NO. The largest absolute Gasteiger partial charge is 0.508 e. The summed E-state index contributed by atoms with van der Waals surface area (Å²) in [6.07, 6.45) is 0. The minimum Gasteiger partial charge on any atom is -0.508 e. The molecule has 0 aliphatic heterocycles. The predicted octanol–water partition coefficient (Wildman–Crippen LogP) is 3.28. The third-order valence-electron chi connectivity index (χ3n) is 2.38. The maximum absolute atomic E-state index is 13.3. The highest BCUT2D eigenvalue weighted by Crippen LogP contribution is 2.16. The summed E-state index contributed by atoms with van der Waals surface area (Å²) in [6.45, 7) is 0.189. The molecule has 2 aromatic carbocycles. The number of hydrogen-bond acceptors (Lipinski definition) is 2. The molecule has 2 nitrogen and oxygen atoms in total. The summed E-state index contributed by atoms with van der Waals surface area (Å²) in [4.78, 5) is 0. The van der Waals surface area contributed by atoms with Crippen LogP contribution in [0.5, 0.6) is 5.75 Å². The molecular weight excluding hydrogens is 224 g/mol. The molecule has 2 rings (SSSR count). The van der Waals surface area contributed by atoms with Crippen LogP contribution in [0, 0.1) is 11.6 Å². The van der Waals surface area contributed by atoms with Crippen molar-refractivity contribution >= 4 is 5.69 Å². The topological polar surface area (TPSA) is 32.3 Å². The molecule has 0 heterocycles. The fourth-order valence-corrected chi connectivity index (χ4v) is 1.46. The summed E-state index contributed by atoms with van der Waals surface area (Å²) in [5.41, 5.74) is 0.990. The van der Waals surface area contributed by atoms with Gasteiger partial charge >= 0.3 is 0 Å². The van der Waals surface area contributed by atoms with Crippen molar-refractivity contribution in [3.63, 3.8) is 0 Å². The number of phenols is 1. The molecule has 0 amide bonds. The minimum absolute atomic E-state index is 0.160. The molecule has 4 heteroatoms. The number of halogens is 2. The SMILES string of the molecule is Oc1ccc(NCc2cccc(F)c2F)cc1. The highest BCUT2D eigenvalue weighted by molar-refractivity contribution is 5.46. The number of hydrogen-bond donors (Lipinski definition) is 2. The molecule has 2 N–H and O–H groups in total. The molecule has 0 saturated carbocycles. The van der Waals surface area contributed by atoms with E-state index in [-0.39, 0.29) is 17.9 Å². The van der Waals surface area contributed by atoms with Crippen LogP contribution < -0.4 is 5.32 Å². The van der Waals surface area contributed by atoms with Crippen molar-refractivity contribution in [2.45, 2.75) is 6.54 Å². The van der Waals surface area contributed by atoms with Gasteiger partial charge in [-0.1, -0.05) is 12.1 Å². The first-order valence-electron chi connectivity index (χ1n) is 5.12. The van der Waals surface area contributed by atoms with E-state index in [4.69, 9.17) is 5.11 Å².